The monoisotopic (exact) mass is 264 g/mol. The molecular weight excluding hydrogens is 252 g/mol. The third-order valence-electron chi connectivity index (χ3n) is 2.89. The van der Waals surface area contributed by atoms with Crippen LogP contribution in [0.25, 0.3) is 4.96 Å². The number of fused-ring (bicyclic) bond motifs is 1. The molecule has 1 unspecified atom stereocenters. The van der Waals surface area contributed by atoms with E-state index in [1.165, 1.54) is 4.90 Å². The number of imidazole rings is 1. The number of amides is 2. The smallest absolute Gasteiger partial charge is 0.245 e. The Morgan fingerprint density at radius 1 is 1.56 bits per heavy atom. The zero-order chi connectivity index (χ0) is 12.7. The van der Waals surface area contributed by atoms with E-state index < -0.39 is 6.04 Å². The number of nitrogens with one attached hydrogen (secondary N) is 1. The van der Waals surface area contributed by atoms with Crippen LogP contribution in [0, 0.1) is 0 Å². The topological polar surface area (TPSA) is 66.7 Å². The maximum atomic E-state index is 11.9. The number of hydrogen-bond acceptors (Lipinski definition) is 4. The highest BCUT2D eigenvalue weighted by Gasteiger charge is 2.29. The van der Waals surface area contributed by atoms with Gasteiger partial charge in [-0.05, 0) is 6.92 Å². The molecule has 1 aliphatic rings. The summed E-state index contributed by atoms with van der Waals surface area (Å²) in [5.41, 5.74) is 0.803. The van der Waals surface area contributed by atoms with Gasteiger partial charge in [-0.2, -0.15) is 0 Å². The summed E-state index contributed by atoms with van der Waals surface area (Å²) >= 11 is 1.54. The maximum absolute atomic E-state index is 11.9. The Bertz CT molecular complexity index is 589. The molecule has 0 aliphatic carbocycles. The van der Waals surface area contributed by atoms with Crippen molar-refractivity contribution in [3.8, 4) is 0 Å². The van der Waals surface area contributed by atoms with Crippen molar-refractivity contribution in [2.24, 2.45) is 0 Å². The number of rotatable bonds is 2. The number of thiazole rings is 1. The van der Waals surface area contributed by atoms with Gasteiger partial charge in [-0.1, -0.05) is 0 Å². The van der Waals surface area contributed by atoms with Crippen molar-refractivity contribution in [2.45, 2.75) is 19.5 Å². The minimum Gasteiger partial charge on any atom is -0.343 e. The predicted octanol–water partition coefficient (Wildman–Crippen LogP) is 0.243. The summed E-state index contributed by atoms with van der Waals surface area (Å²) in [5, 5.41) is 4.56. The number of aromatic nitrogens is 2. The SMILES string of the molecule is CC1NC(=O)CN(Cc2cn3ccsc3n2)C1=O. The van der Waals surface area contributed by atoms with Gasteiger partial charge in [-0.3, -0.25) is 14.0 Å². The number of carbonyl (C=O) groups excluding carboxylic acids is 2. The largest absolute Gasteiger partial charge is 0.343 e. The zero-order valence-corrected chi connectivity index (χ0v) is 10.6. The fraction of sp³-hybridized carbons (Fsp3) is 0.364. The van der Waals surface area contributed by atoms with E-state index >= 15 is 0 Å². The van der Waals surface area contributed by atoms with Gasteiger partial charge in [0.2, 0.25) is 11.8 Å². The van der Waals surface area contributed by atoms with Gasteiger partial charge in [0.05, 0.1) is 12.2 Å². The summed E-state index contributed by atoms with van der Waals surface area (Å²) in [6, 6.07) is -0.449. The Labute approximate surface area is 107 Å². The van der Waals surface area contributed by atoms with Crippen LogP contribution in [0.4, 0.5) is 0 Å². The minimum absolute atomic E-state index is 0.0639. The molecule has 3 rings (SSSR count). The quantitative estimate of drug-likeness (QED) is 0.845. The average Bonchev–Trinajstić information content (AvgIpc) is 2.85. The number of carbonyl (C=O) groups is 2. The van der Waals surface area contributed by atoms with Crippen LogP contribution in [-0.2, 0) is 16.1 Å². The second-order valence-electron chi connectivity index (χ2n) is 4.31. The van der Waals surface area contributed by atoms with Crippen molar-refractivity contribution < 1.29 is 9.59 Å². The van der Waals surface area contributed by atoms with E-state index in [0.717, 1.165) is 10.7 Å². The van der Waals surface area contributed by atoms with Crippen LogP contribution in [0.5, 0.6) is 0 Å². The zero-order valence-electron chi connectivity index (χ0n) is 9.79. The molecule has 3 heterocycles. The molecule has 0 radical (unpaired) electrons. The third kappa shape index (κ3) is 1.86. The first-order valence-electron chi connectivity index (χ1n) is 5.63. The van der Waals surface area contributed by atoms with Crippen LogP contribution in [0.1, 0.15) is 12.6 Å². The fourth-order valence-electron chi connectivity index (χ4n) is 2.06. The molecule has 0 aromatic carbocycles. The van der Waals surface area contributed by atoms with Gasteiger partial charge in [0.15, 0.2) is 4.96 Å². The Hall–Kier alpha value is -1.89. The van der Waals surface area contributed by atoms with E-state index in [-0.39, 0.29) is 18.4 Å². The molecule has 2 amide bonds. The van der Waals surface area contributed by atoms with Gasteiger partial charge in [-0.25, -0.2) is 4.98 Å². The fourth-order valence-corrected chi connectivity index (χ4v) is 2.77. The molecular formula is C11H12N4O2S. The molecule has 1 atom stereocenters. The number of piperazine rings is 1. The molecule has 1 aliphatic heterocycles. The first-order chi connectivity index (χ1) is 8.63. The van der Waals surface area contributed by atoms with E-state index in [1.54, 1.807) is 18.3 Å². The molecule has 6 nitrogen and oxygen atoms in total. The average molecular weight is 264 g/mol. The molecule has 0 saturated carbocycles. The molecule has 94 valence electrons. The molecule has 1 saturated heterocycles. The summed E-state index contributed by atoms with van der Waals surface area (Å²) in [6.07, 6.45) is 3.81. The molecule has 0 spiro atoms. The van der Waals surface area contributed by atoms with E-state index in [0.29, 0.717) is 6.54 Å². The normalized spacial score (nSPS) is 20.5. The summed E-state index contributed by atoms with van der Waals surface area (Å²) in [6.45, 7) is 2.18. The summed E-state index contributed by atoms with van der Waals surface area (Å²) in [5.74, 6) is -0.186. The van der Waals surface area contributed by atoms with Crippen molar-refractivity contribution >= 4 is 28.1 Å². The molecule has 0 bridgehead atoms. The van der Waals surface area contributed by atoms with Gasteiger partial charge in [0, 0.05) is 17.8 Å². The highest BCUT2D eigenvalue weighted by molar-refractivity contribution is 7.15. The lowest BCUT2D eigenvalue weighted by Crippen LogP contribution is -2.56. The standard InChI is InChI=1S/C11H12N4O2S/c1-7-10(17)15(6-9(16)12-7)5-8-4-14-2-3-18-11(14)13-8/h2-4,7H,5-6H2,1H3,(H,12,16). The Balaban J connectivity index is 1.80. The Kier molecular flexibility index (Phi) is 2.55. The van der Waals surface area contributed by atoms with Crippen molar-refractivity contribution in [3.63, 3.8) is 0 Å². The molecule has 18 heavy (non-hydrogen) atoms. The van der Waals surface area contributed by atoms with Gasteiger partial charge in [-0.15, -0.1) is 11.3 Å². The predicted molar refractivity (Wildman–Crippen MR) is 66.1 cm³/mol. The van der Waals surface area contributed by atoms with E-state index in [9.17, 15) is 9.59 Å². The van der Waals surface area contributed by atoms with Crippen LogP contribution < -0.4 is 5.32 Å². The van der Waals surface area contributed by atoms with Crippen molar-refractivity contribution in [2.75, 3.05) is 6.54 Å². The first kappa shape index (κ1) is 11.2. The lowest BCUT2D eigenvalue weighted by Gasteiger charge is -2.30. The van der Waals surface area contributed by atoms with Crippen molar-refractivity contribution in [1.82, 2.24) is 19.6 Å². The van der Waals surface area contributed by atoms with Gasteiger partial charge >= 0.3 is 0 Å². The third-order valence-corrected chi connectivity index (χ3v) is 3.66. The van der Waals surface area contributed by atoms with Crippen molar-refractivity contribution in [1.29, 1.82) is 0 Å². The summed E-state index contributed by atoms with van der Waals surface area (Å²) in [7, 11) is 0. The van der Waals surface area contributed by atoms with Gasteiger partial charge in [0.1, 0.15) is 12.6 Å². The Morgan fingerprint density at radius 3 is 3.17 bits per heavy atom. The second-order valence-corrected chi connectivity index (χ2v) is 5.18. The summed E-state index contributed by atoms with van der Waals surface area (Å²) < 4.78 is 1.91. The van der Waals surface area contributed by atoms with Gasteiger partial charge < -0.3 is 10.2 Å². The minimum atomic E-state index is -0.449. The highest BCUT2D eigenvalue weighted by atomic mass is 32.1. The molecule has 1 fully saturated rings. The van der Waals surface area contributed by atoms with Crippen LogP contribution in [0.2, 0.25) is 0 Å². The number of nitrogens with zero attached hydrogens (tertiary/aromatic N) is 3. The second kappa shape index (κ2) is 4.09. The molecule has 2 aromatic heterocycles. The maximum Gasteiger partial charge on any atom is 0.245 e. The van der Waals surface area contributed by atoms with Crippen LogP contribution in [0.15, 0.2) is 17.8 Å². The van der Waals surface area contributed by atoms with E-state index in [4.69, 9.17) is 0 Å². The number of hydrogen-bond donors (Lipinski definition) is 1. The van der Waals surface area contributed by atoms with Crippen LogP contribution in [0.3, 0.4) is 0 Å². The van der Waals surface area contributed by atoms with Crippen LogP contribution in [-0.4, -0.2) is 38.7 Å². The Morgan fingerprint density at radius 2 is 2.39 bits per heavy atom. The molecule has 1 N–H and O–H groups in total. The highest BCUT2D eigenvalue weighted by Crippen LogP contribution is 2.14. The van der Waals surface area contributed by atoms with Crippen molar-refractivity contribution in [3.05, 3.63) is 23.5 Å². The molecule has 7 heteroatoms. The summed E-state index contributed by atoms with van der Waals surface area (Å²) in [4.78, 5) is 30.2. The first-order valence-corrected chi connectivity index (χ1v) is 6.50. The van der Waals surface area contributed by atoms with Gasteiger partial charge in [0.25, 0.3) is 0 Å². The van der Waals surface area contributed by atoms with E-state index in [2.05, 4.69) is 10.3 Å². The van der Waals surface area contributed by atoms with E-state index in [1.807, 2.05) is 22.2 Å². The lowest BCUT2D eigenvalue weighted by atomic mass is 10.2. The van der Waals surface area contributed by atoms with Crippen LogP contribution >= 0.6 is 11.3 Å². The lowest BCUT2D eigenvalue weighted by molar-refractivity contribution is -0.144. The molecule has 2 aromatic rings.